The molecule has 1 aromatic carbocycles. The first-order valence-corrected chi connectivity index (χ1v) is 9.43. The van der Waals surface area contributed by atoms with Crippen molar-refractivity contribution in [3.05, 3.63) is 57.1 Å². The second kappa shape index (κ2) is 7.95. The second-order valence-corrected chi connectivity index (χ2v) is 6.91. The number of likely N-dealkylation sites (tertiary alicyclic amines) is 1. The molecule has 0 spiro atoms. The molecule has 0 N–H and O–H groups in total. The van der Waals surface area contributed by atoms with Gasteiger partial charge in [-0.05, 0) is 64.0 Å². The maximum atomic E-state index is 14.3. The van der Waals surface area contributed by atoms with Gasteiger partial charge in [-0.1, -0.05) is 5.16 Å². The monoisotopic (exact) mass is 424 g/mol. The van der Waals surface area contributed by atoms with Gasteiger partial charge in [-0.3, -0.25) is 9.36 Å². The Morgan fingerprint density at radius 1 is 1.37 bits per heavy atom. The lowest BCUT2D eigenvalue weighted by Gasteiger charge is -2.31. The molecule has 7 heteroatoms. The first kappa shape index (κ1) is 9.30. The third-order valence-electron chi connectivity index (χ3n) is 4.98. The van der Waals surface area contributed by atoms with Crippen molar-refractivity contribution < 1.29 is 28.1 Å². The highest BCUT2D eigenvalue weighted by molar-refractivity contribution is 5.79. The van der Waals surface area contributed by atoms with Gasteiger partial charge < -0.3 is 9.42 Å². The zero-order valence-corrected chi connectivity index (χ0v) is 16.0. The molecule has 0 bridgehead atoms. The number of aromatic nitrogens is 3. The Labute approximate surface area is 194 Å². The van der Waals surface area contributed by atoms with E-state index in [4.69, 9.17) is 23.7 Å². The van der Waals surface area contributed by atoms with E-state index in [-0.39, 0.29) is 34.9 Å². The summed E-state index contributed by atoms with van der Waals surface area (Å²) in [6.07, 6.45) is -9.21. The number of benzene rings is 1. The van der Waals surface area contributed by atoms with E-state index in [1.54, 1.807) is 0 Å². The summed E-state index contributed by atoms with van der Waals surface area (Å²) in [7, 11) is 0. The van der Waals surface area contributed by atoms with Crippen molar-refractivity contribution >= 4 is 11.0 Å². The van der Waals surface area contributed by atoms with Gasteiger partial charge in [-0.15, -0.1) is 0 Å². The van der Waals surface area contributed by atoms with Crippen molar-refractivity contribution in [2.45, 2.75) is 57.7 Å². The summed E-state index contributed by atoms with van der Waals surface area (Å²) in [5, 5.41) is 2.65. The molecule has 5 rings (SSSR count). The molecule has 1 saturated heterocycles. The van der Waals surface area contributed by atoms with Crippen LogP contribution < -0.4 is 5.56 Å². The molecule has 3 aromatic rings. The molecule has 4 heterocycles. The number of hydrogen-bond acceptors (Lipinski definition) is 5. The molecule has 2 aromatic heterocycles. The Bertz CT molecular complexity index is 1730. The summed E-state index contributed by atoms with van der Waals surface area (Å²) < 4.78 is 140. The highest BCUT2D eigenvalue weighted by Crippen LogP contribution is 2.32. The molecule has 2 aliphatic heterocycles. The van der Waals surface area contributed by atoms with Crippen LogP contribution in [0.5, 0.6) is 0 Å². The predicted octanol–water partition coefficient (Wildman–Crippen LogP) is 3.59. The molecule has 158 valence electrons. The number of nitrogens with zero attached hydrogens (tertiary/aromatic N) is 4. The average Bonchev–Trinajstić information content (AvgIpc) is 3.37. The Kier molecular flexibility index (Phi) is 2.46. The molecule has 0 unspecified atom stereocenters. The van der Waals surface area contributed by atoms with E-state index in [1.807, 2.05) is 0 Å². The van der Waals surface area contributed by atoms with Gasteiger partial charge >= 0.3 is 0 Å². The summed E-state index contributed by atoms with van der Waals surface area (Å²) in [6, 6.07) is -3.28. The van der Waals surface area contributed by atoms with Crippen molar-refractivity contribution in [1.29, 1.82) is 0 Å². The first-order valence-electron chi connectivity index (χ1n) is 16.4. The standard InChI is InChI=1S/C23H27FN4O2/c1-15-18(23(29)28-10-3-2-4-21(28)25-15)9-13-27-11-7-16(8-12-27)22-19-6-5-17(24)14-20(19)30-26-22/h5-6,14,16H,2-4,7-13H2,1H3/i4D2,5D,6D,7D2,8D2,11D2,12D2,14D,16D. The van der Waals surface area contributed by atoms with Gasteiger partial charge in [0.1, 0.15) is 11.6 Å². The van der Waals surface area contributed by atoms with Gasteiger partial charge in [0.25, 0.3) is 5.56 Å². The van der Waals surface area contributed by atoms with E-state index in [9.17, 15) is 9.18 Å². The zero-order valence-electron chi connectivity index (χ0n) is 30.0. The van der Waals surface area contributed by atoms with Crippen LogP contribution in [0.15, 0.2) is 27.4 Å². The van der Waals surface area contributed by atoms with Crippen molar-refractivity contribution in [1.82, 2.24) is 19.6 Å². The maximum absolute atomic E-state index is 14.3. The van der Waals surface area contributed by atoms with Gasteiger partial charge in [0.15, 0.2) is 5.58 Å². The quantitative estimate of drug-likeness (QED) is 0.640. The lowest BCUT2D eigenvalue weighted by Crippen LogP contribution is -2.37. The highest BCUT2D eigenvalue weighted by atomic mass is 19.1. The largest absolute Gasteiger partial charge is 0.356 e. The van der Waals surface area contributed by atoms with Gasteiger partial charge in [-0.2, -0.15) is 0 Å². The van der Waals surface area contributed by atoms with Crippen LogP contribution in [0.25, 0.3) is 11.0 Å². The summed E-state index contributed by atoms with van der Waals surface area (Å²) in [5.41, 5.74) is -2.52. The van der Waals surface area contributed by atoms with Gasteiger partial charge in [0.05, 0.1) is 9.81 Å². The fraction of sp³-hybridized carbons (Fsp3) is 0.522. The average molecular weight is 425 g/mol. The number of hydrogen-bond donors (Lipinski definition) is 0. The molecule has 6 nitrogen and oxygen atoms in total. The highest BCUT2D eigenvalue weighted by Gasteiger charge is 2.25. The van der Waals surface area contributed by atoms with Crippen LogP contribution in [0.4, 0.5) is 4.39 Å². The Balaban J connectivity index is 1.64. The minimum Gasteiger partial charge on any atom is -0.356 e. The SMILES string of the molecule is [2H]c1c(F)c([2H])c2onc(C3([2H])C([2H])([2H])C([2H])([2H])N(CCc4c(C)nc5n(c4=O)CCCC5([2H])[2H])C([2H])([2H])C3([2H])[2H])c2c1[2H]. The molecule has 0 amide bonds. The van der Waals surface area contributed by atoms with Crippen LogP contribution in [0.2, 0.25) is 0 Å². The predicted molar refractivity (Wildman–Crippen MR) is 112 cm³/mol. The molecule has 0 radical (unpaired) electrons. The van der Waals surface area contributed by atoms with Crippen LogP contribution in [-0.2, 0) is 19.3 Å². The lowest BCUT2D eigenvalue weighted by molar-refractivity contribution is 0.211. The Morgan fingerprint density at radius 3 is 3.03 bits per heavy atom. The maximum Gasteiger partial charge on any atom is 0.256 e. The molecular formula is C23H27FN4O2. The topological polar surface area (TPSA) is 64.2 Å². The molecule has 0 atom stereocenters. The molecular weight excluding hydrogens is 383 g/mol. The lowest BCUT2D eigenvalue weighted by atomic mass is 9.91. The fourth-order valence-electron chi connectivity index (χ4n) is 3.44. The molecule has 2 aliphatic rings. The van der Waals surface area contributed by atoms with Gasteiger partial charge in [0, 0.05) is 63.1 Å². The molecule has 0 aliphatic carbocycles. The third kappa shape index (κ3) is 3.55. The summed E-state index contributed by atoms with van der Waals surface area (Å²) >= 11 is 0. The second-order valence-electron chi connectivity index (χ2n) is 6.91. The van der Waals surface area contributed by atoms with E-state index in [1.165, 1.54) is 6.92 Å². The summed E-state index contributed by atoms with van der Waals surface area (Å²) in [4.78, 5) is 17.8. The van der Waals surface area contributed by atoms with Crippen LogP contribution in [0, 0.1) is 12.7 Å². The van der Waals surface area contributed by atoms with Crippen molar-refractivity contribution in [2.75, 3.05) is 19.5 Å². The number of fused-ring (bicyclic) bond motifs is 2. The van der Waals surface area contributed by atoms with Crippen LogP contribution in [-0.4, -0.2) is 39.1 Å². The molecule has 1 fully saturated rings. The minimum absolute atomic E-state index is 0.0313. The van der Waals surface area contributed by atoms with Crippen molar-refractivity contribution in [3.8, 4) is 0 Å². The van der Waals surface area contributed by atoms with Crippen LogP contribution in [0.3, 0.4) is 0 Å². The Hall–Kier alpha value is -2.54. The summed E-state index contributed by atoms with van der Waals surface area (Å²) in [5.74, 6) is -5.20. The first-order chi connectivity index (χ1) is 20.0. The smallest absolute Gasteiger partial charge is 0.256 e. The van der Waals surface area contributed by atoms with Crippen LogP contribution >= 0.6 is 0 Å². The van der Waals surface area contributed by atoms with E-state index in [2.05, 4.69) is 10.1 Å². The molecule has 0 saturated carbocycles. The van der Waals surface area contributed by atoms with Crippen molar-refractivity contribution in [3.63, 3.8) is 0 Å². The Morgan fingerprint density at radius 2 is 2.20 bits per heavy atom. The number of aryl methyl sites for hydroxylation is 2. The number of piperidine rings is 1. The van der Waals surface area contributed by atoms with Crippen molar-refractivity contribution in [2.24, 2.45) is 0 Å². The molecule has 30 heavy (non-hydrogen) atoms. The van der Waals surface area contributed by atoms with E-state index in [0.29, 0.717) is 6.42 Å². The van der Waals surface area contributed by atoms with Gasteiger partial charge in [0.2, 0.25) is 0 Å². The third-order valence-corrected chi connectivity index (χ3v) is 4.98. The van der Waals surface area contributed by atoms with Crippen LogP contribution in [0.1, 0.15) is 73.4 Å². The van der Waals surface area contributed by atoms with E-state index < -0.39 is 97.1 Å². The van der Waals surface area contributed by atoms with E-state index >= 15 is 0 Å². The van der Waals surface area contributed by atoms with E-state index in [0.717, 1.165) is 4.57 Å². The number of rotatable bonds is 4. The normalized spacial score (nSPS) is 34.3. The minimum atomic E-state index is -3.70. The number of halogens is 1. The summed E-state index contributed by atoms with van der Waals surface area (Å²) in [6.45, 7) is -6.20. The fourth-order valence-corrected chi connectivity index (χ4v) is 3.44. The zero-order chi connectivity index (χ0) is 33.2. The van der Waals surface area contributed by atoms with Gasteiger partial charge in [-0.25, -0.2) is 9.37 Å².